The van der Waals surface area contributed by atoms with E-state index < -0.39 is 0 Å². The Morgan fingerprint density at radius 3 is 2.85 bits per heavy atom. The molecule has 136 valence electrons. The minimum atomic E-state index is -0.163. The van der Waals surface area contributed by atoms with Crippen molar-refractivity contribution < 1.29 is 9.90 Å². The summed E-state index contributed by atoms with van der Waals surface area (Å²) in [6.45, 7) is 1.91. The molecule has 0 radical (unpaired) electrons. The molecule has 3 aromatic rings. The average molecular weight is 388 g/mol. The number of carbonyl (C=O) groups is 1. The van der Waals surface area contributed by atoms with Crippen LogP contribution in [-0.2, 0) is 4.79 Å². The van der Waals surface area contributed by atoms with Gasteiger partial charge in [0.25, 0.3) is 0 Å². The summed E-state index contributed by atoms with van der Waals surface area (Å²) in [5.74, 6) is 0.593. The first-order valence-corrected chi connectivity index (χ1v) is 10.3. The highest BCUT2D eigenvalue weighted by atomic mass is 32.2. The number of carbonyl (C=O) groups excluding carboxylic acids is 1. The van der Waals surface area contributed by atoms with E-state index in [-0.39, 0.29) is 18.6 Å². The van der Waals surface area contributed by atoms with E-state index >= 15 is 0 Å². The van der Waals surface area contributed by atoms with Crippen molar-refractivity contribution >= 4 is 39.2 Å². The quantitative estimate of drug-likeness (QED) is 0.455. The van der Waals surface area contributed by atoms with E-state index in [0.29, 0.717) is 12.2 Å². The maximum atomic E-state index is 11.9. The van der Waals surface area contributed by atoms with Gasteiger partial charge in [-0.3, -0.25) is 4.79 Å². The monoisotopic (exact) mass is 387 g/mol. The van der Waals surface area contributed by atoms with Crippen LogP contribution in [0.1, 0.15) is 19.8 Å². The Morgan fingerprint density at radius 2 is 2.12 bits per heavy atom. The molecule has 0 aliphatic carbocycles. The third-order valence-electron chi connectivity index (χ3n) is 4.00. The fraction of sp³-hybridized carbons (Fsp3) is 0.316. The van der Waals surface area contributed by atoms with E-state index in [1.165, 1.54) is 5.56 Å². The van der Waals surface area contributed by atoms with Gasteiger partial charge in [-0.15, -0.1) is 23.1 Å². The van der Waals surface area contributed by atoms with Crippen molar-refractivity contribution in [1.29, 1.82) is 0 Å². The van der Waals surface area contributed by atoms with Gasteiger partial charge in [-0.2, -0.15) is 0 Å². The second-order valence-corrected chi connectivity index (χ2v) is 7.94. The lowest BCUT2D eigenvalue weighted by atomic mass is 10.2. The molecule has 0 fully saturated rings. The molecule has 0 saturated carbocycles. The SMILES string of the molecule is CCC(CO)NC(=O)CCSc1ncnc2sc(-c3ccccc3)cc12. The highest BCUT2D eigenvalue weighted by molar-refractivity contribution is 7.99. The molecule has 1 atom stereocenters. The average Bonchev–Trinajstić information content (AvgIpc) is 3.12. The lowest BCUT2D eigenvalue weighted by Crippen LogP contribution is -2.37. The van der Waals surface area contributed by atoms with E-state index in [0.717, 1.165) is 26.5 Å². The zero-order valence-electron chi connectivity index (χ0n) is 14.5. The summed E-state index contributed by atoms with van der Waals surface area (Å²) in [6.07, 6.45) is 2.69. The van der Waals surface area contributed by atoms with E-state index in [1.807, 2.05) is 25.1 Å². The Balaban J connectivity index is 1.67. The van der Waals surface area contributed by atoms with Crippen LogP contribution in [0.5, 0.6) is 0 Å². The van der Waals surface area contributed by atoms with Crippen molar-refractivity contribution in [3.8, 4) is 10.4 Å². The summed E-state index contributed by atoms with van der Waals surface area (Å²) in [7, 11) is 0. The second kappa shape index (κ2) is 9.12. The first kappa shape index (κ1) is 18.8. The number of hydrogen-bond acceptors (Lipinski definition) is 6. The maximum absolute atomic E-state index is 11.9. The van der Waals surface area contributed by atoms with Crippen LogP contribution >= 0.6 is 23.1 Å². The standard InChI is InChI=1S/C19H21N3O2S2/c1-2-14(11-23)22-17(24)8-9-25-18-15-10-16(13-6-4-3-5-7-13)26-19(15)21-12-20-18/h3-7,10,12,14,23H,2,8-9,11H2,1H3,(H,22,24). The molecule has 0 saturated heterocycles. The fourth-order valence-electron chi connectivity index (χ4n) is 2.51. The van der Waals surface area contributed by atoms with Gasteiger partial charge in [0.15, 0.2) is 0 Å². The van der Waals surface area contributed by atoms with Crippen molar-refractivity contribution in [2.45, 2.75) is 30.8 Å². The molecule has 5 nitrogen and oxygen atoms in total. The van der Waals surface area contributed by atoms with Crippen LogP contribution in [-0.4, -0.2) is 39.4 Å². The summed E-state index contributed by atoms with van der Waals surface area (Å²) in [5, 5.41) is 13.9. The van der Waals surface area contributed by atoms with Gasteiger partial charge < -0.3 is 10.4 Å². The van der Waals surface area contributed by atoms with E-state index in [1.54, 1.807) is 29.4 Å². The summed E-state index contributed by atoms with van der Waals surface area (Å²) in [6, 6.07) is 12.2. The molecule has 0 bridgehead atoms. The van der Waals surface area contributed by atoms with Crippen molar-refractivity contribution in [3.63, 3.8) is 0 Å². The van der Waals surface area contributed by atoms with Crippen LogP contribution in [0.15, 0.2) is 47.8 Å². The van der Waals surface area contributed by atoms with Gasteiger partial charge in [0.05, 0.1) is 12.6 Å². The predicted molar refractivity (Wildman–Crippen MR) is 107 cm³/mol. The highest BCUT2D eigenvalue weighted by Gasteiger charge is 2.12. The third kappa shape index (κ3) is 4.60. The Morgan fingerprint density at radius 1 is 1.31 bits per heavy atom. The minimum Gasteiger partial charge on any atom is -0.394 e. The minimum absolute atomic E-state index is 0.0287. The largest absolute Gasteiger partial charge is 0.394 e. The number of nitrogens with zero attached hydrogens (tertiary/aromatic N) is 2. The number of thiophene rings is 1. The molecule has 2 aromatic heterocycles. The highest BCUT2D eigenvalue weighted by Crippen LogP contribution is 2.36. The van der Waals surface area contributed by atoms with Crippen molar-refractivity contribution in [2.75, 3.05) is 12.4 Å². The summed E-state index contributed by atoms with van der Waals surface area (Å²) in [4.78, 5) is 22.8. The second-order valence-electron chi connectivity index (χ2n) is 5.83. The van der Waals surface area contributed by atoms with Crippen LogP contribution in [0, 0.1) is 0 Å². The molecule has 0 aliphatic heterocycles. The number of aromatic nitrogens is 2. The predicted octanol–water partition coefficient (Wildman–Crippen LogP) is 3.73. The van der Waals surface area contributed by atoms with Crippen LogP contribution in [0.4, 0.5) is 0 Å². The number of fused-ring (bicyclic) bond motifs is 1. The molecule has 2 N–H and O–H groups in total. The molecule has 26 heavy (non-hydrogen) atoms. The van der Waals surface area contributed by atoms with Crippen LogP contribution in [0.25, 0.3) is 20.7 Å². The van der Waals surface area contributed by atoms with Crippen LogP contribution in [0.3, 0.4) is 0 Å². The number of aliphatic hydroxyl groups is 1. The molecular formula is C19H21N3O2S2. The van der Waals surface area contributed by atoms with Gasteiger partial charge in [0, 0.05) is 22.4 Å². The maximum Gasteiger partial charge on any atom is 0.221 e. The summed E-state index contributed by atoms with van der Waals surface area (Å²) >= 11 is 3.21. The molecule has 1 amide bonds. The van der Waals surface area contributed by atoms with Gasteiger partial charge in [0.1, 0.15) is 16.2 Å². The lowest BCUT2D eigenvalue weighted by molar-refractivity contribution is -0.121. The number of nitrogens with one attached hydrogen (secondary N) is 1. The van der Waals surface area contributed by atoms with Crippen molar-refractivity contribution in [3.05, 3.63) is 42.7 Å². The Kier molecular flexibility index (Phi) is 6.60. The molecule has 2 heterocycles. The normalized spacial score (nSPS) is 12.2. The molecule has 1 aromatic carbocycles. The van der Waals surface area contributed by atoms with Gasteiger partial charge in [-0.1, -0.05) is 37.3 Å². The summed E-state index contributed by atoms with van der Waals surface area (Å²) < 4.78 is 0. The molecule has 1 unspecified atom stereocenters. The van der Waals surface area contributed by atoms with Crippen molar-refractivity contribution in [2.24, 2.45) is 0 Å². The Labute approximate surface area is 160 Å². The molecule has 0 spiro atoms. The smallest absolute Gasteiger partial charge is 0.221 e. The zero-order chi connectivity index (χ0) is 18.4. The molecular weight excluding hydrogens is 366 g/mol. The number of rotatable bonds is 8. The Bertz CT molecular complexity index is 864. The lowest BCUT2D eigenvalue weighted by Gasteiger charge is -2.13. The molecule has 7 heteroatoms. The number of amides is 1. The number of aliphatic hydroxyl groups excluding tert-OH is 1. The molecule has 0 aliphatic rings. The fourth-order valence-corrected chi connectivity index (χ4v) is 4.49. The Hall–Kier alpha value is -1.96. The van der Waals surface area contributed by atoms with E-state index in [9.17, 15) is 4.79 Å². The number of thioether (sulfide) groups is 1. The zero-order valence-corrected chi connectivity index (χ0v) is 16.1. The van der Waals surface area contributed by atoms with Crippen LogP contribution in [0.2, 0.25) is 0 Å². The summed E-state index contributed by atoms with van der Waals surface area (Å²) in [5.41, 5.74) is 1.17. The number of hydrogen-bond donors (Lipinski definition) is 2. The van der Waals surface area contributed by atoms with E-state index in [4.69, 9.17) is 5.11 Å². The first-order chi connectivity index (χ1) is 12.7. The first-order valence-electron chi connectivity index (χ1n) is 8.54. The van der Waals surface area contributed by atoms with Crippen LogP contribution < -0.4 is 5.32 Å². The topological polar surface area (TPSA) is 75.1 Å². The van der Waals surface area contributed by atoms with Gasteiger partial charge in [0.2, 0.25) is 5.91 Å². The van der Waals surface area contributed by atoms with Gasteiger partial charge >= 0.3 is 0 Å². The molecule has 3 rings (SSSR count). The van der Waals surface area contributed by atoms with E-state index in [2.05, 4.69) is 33.5 Å². The van der Waals surface area contributed by atoms with Gasteiger partial charge in [-0.05, 0) is 18.1 Å². The third-order valence-corrected chi connectivity index (χ3v) is 6.10. The van der Waals surface area contributed by atoms with Gasteiger partial charge in [-0.25, -0.2) is 9.97 Å². The number of benzene rings is 1. The van der Waals surface area contributed by atoms with Crippen molar-refractivity contribution in [1.82, 2.24) is 15.3 Å².